The van der Waals surface area contributed by atoms with E-state index in [1.807, 2.05) is 117 Å². The number of hydrogen-bond acceptors (Lipinski definition) is 20. The molecule has 10 aromatic rings. The molecule has 3 saturated heterocycles. The van der Waals surface area contributed by atoms with E-state index in [2.05, 4.69) is 42.2 Å². The van der Waals surface area contributed by atoms with E-state index in [0.717, 1.165) is 127 Å². The van der Waals surface area contributed by atoms with Crippen LogP contribution in [0.5, 0.6) is 17.2 Å². The van der Waals surface area contributed by atoms with Crippen LogP contribution in [0.2, 0.25) is 15.1 Å². The van der Waals surface area contributed by atoms with Gasteiger partial charge in [0.05, 0.1) is 47.9 Å². The lowest BCUT2D eigenvalue weighted by atomic mass is 9.77. The summed E-state index contributed by atoms with van der Waals surface area (Å²) < 4.78 is 35.5. The molecule has 6 fully saturated rings. The number of halogens is 3. The number of rotatable bonds is 20. The van der Waals surface area contributed by atoms with Crippen molar-refractivity contribution in [3.63, 3.8) is 0 Å². The van der Waals surface area contributed by atoms with Crippen LogP contribution in [0.3, 0.4) is 0 Å². The summed E-state index contributed by atoms with van der Waals surface area (Å²) in [7, 11) is 0. The van der Waals surface area contributed by atoms with Gasteiger partial charge in [-0.25, -0.2) is 0 Å². The molecule has 4 aromatic heterocycles. The van der Waals surface area contributed by atoms with Crippen molar-refractivity contribution < 1.29 is 66.4 Å². The number of ether oxygens (including phenoxy) is 3. The van der Waals surface area contributed by atoms with E-state index in [0.29, 0.717) is 189 Å². The maximum Gasteiger partial charge on any atom is 0.307 e. The minimum absolute atomic E-state index is 0.00281. The van der Waals surface area contributed by atoms with Gasteiger partial charge in [-0.3, -0.25) is 33.6 Å². The molecule has 6 aromatic carbocycles. The van der Waals surface area contributed by atoms with E-state index in [9.17, 15) is 43.9 Å². The van der Waals surface area contributed by atoms with Gasteiger partial charge in [0.1, 0.15) is 54.2 Å². The molecule has 3 aliphatic carbocycles. The molecule has 630 valence electrons. The fourth-order valence-electron chi connectivity index (χ4n) is 20.0. The number of amides is 6. The van der Waals surface area contributed by atoms with Crippen LogP contribution in [0.1, 0.15) is 196 Å². The average molecular weight is 1700 g/mol. The van der Waals surface area contributed by atoms with Crippen LogP contribution in [-0.4, -0.2) is 171 Å². The van der Waals surface area contributed by atoms with Crippen LogP contribution >= 0.6 is 34.8 Å². The smallest absolute Gasteiger partial charge is 0.307 e. The zero-order valence-corrected chi connectivity index (χ0v) is 69.4. The van der Waals surface area contributed by atoms with Crippen molar-refractivity contribution in [3.8, 4) is 23.3 Å². The zero-order valence-electron chi connectivity index (χ0n) is 67.1. The molecule has 0 spiro atoms. The van der Waals surface area contributed by atoms with Gasteiger partial charge in [-0.05, 0) is 167 Å². The molecule has 3 saturated carbocycles. The summed E-state index contributed by atoms with van der Waals surface area (Å²) >= 11 is 20.2. The van der Waals surface area contributed by atoms with Crippen molar-refractivity contribution in [2.75, 3.05) is 58.9 Å². The van der Waals surface area contributed by atoms with Crippen molar-refractivity contribution in [2.45, 2.75) is 179 Å². The van der Waals surface area contributed by atoms with Gasteiger partial charge in [-0.1, -0.05) is 130 Å². The molecule has 9 aliphatic rings. The number of aromatic nitrogens is 7. The predicted octanol–water partition coefficient (Wildman–Crippen LogP) is 15.0. The van der Waals surface area contributed by atoms with Crippen molar-refractivity contribution in [1.29, 1.82) is 5.26 Å². The Labute approximate surface area is 713 Å². The van der Waals surface area contributed by atoms with Gasteiger partial charge in [0.15, 0.2) is 22.6 Å². The number of tetrazole rings is 1. The predicted molar refractivity (Wildman–Crippen MR) is 444 cm³/mol. The number of para-hydroxylation sites is 3. The minimum Gasteiger partial charge on any atom is -0.487 e. The molecule has 2 N–H and O–H groups in total. The third-order valence-electron chi connectivity index (χ3n) is 26.1. The number of nitrogens with one attached hydrogen (secondary N) is 1. The van der Waals surface area contributed by atoms with Crippen molar-refractivity contribution in [1.82, 2.24) is 65.5 Å². The van der Waals surface area contributed by atoms with Crippen LogP contribution in [0, 0.1) is 40.9 Å². The molecule has 6 amide bonds. The van der Waals surface area contributed by atoms with Gasteiger partial charge in [0, 0.05) is 138 Å². The summed E-state index contributed by atoms with van der Waals surface area (Å²) in [6.07, 6.45) is 15.2. The Morgan fingerprint density at radius 3 is 1.19 bits per heavy atom. The number of H-pyrrole nitrogens is 1. The third kappa shape index (κ3) is 17.1. The summed E-state index contributed by atoms with van der Waals surface area (Å²) in [5.74, 6) is -0.626. The highest BCUT2D eigenvalue weighted by molar-refractivity contribution is 6.32. The first-order valence-corrected chi connectivity index (χ1v) is 43.6. The number of carboxylic acid groups (broad SMARTS) is 1. The molecule has 0 radical (unpaired) electrons. The summed E-state index contributed by atoms with van der Waals surface area (Å²) in [5.41, 5.74) is 9.36. The Kier molecular flexibility index (Phi) is 24.9. The number of benzene rings is 6. The van der Waals surface area contributed by atoms with E-state index < -0.39 is 35.9 Å². The molecular weight excluding hydrogens is 1610 g/mol. The van der Waals surface area contributed by atoms with Crippen molar-refractivity contribution >= 4 is 109 Å². The Hall–Kier alpha value is -11.2. The van der Waals surface area contributed by atoms with E-state index in [4.69, 9.17) is 62.6 Å². The van der Waals surface area contributed by atoms with Crippen molar-refractivity contribution in [3.05, 3.63) is 181 Å². The lowest BCUT2D eigenvalue weighted by molar-refractivity contribution is -0.154. The Bertz CT molecular complexity index is 5570. The maximum absolute atomic E-state index is 14.5. The van der Waals surface area contributed by atoms with Crippen LogP contribution in [-0.2, 0) is 72.6 Å². The second kappa shape index (κ2) is 36.7. The molecule has 9 atom stereocenters. The molecule has 0 bridgehead atoms. The van der Waals surface area contributed by atoms with Crippen LogP contribution < -0.4 is 14.2 Å². The average Bonchev–Trinajstić information content (AvgIpc) is 1.43. The number of nitrogens with zero attached hydrogens (tertiary/aromatic N) is 13. The minimum atomic E-state index is -0.923. The number of aliphatic carboxylic acids is 1. The number of likely N-dealkylation sites (tertiary alicyclic amines) is 3. The Balaban J connectivity index is 0.000000129. The molecule has 6 aliphatic heterocycles. The Morgan fingerprint density at radius 1 is 0.446 bits per heavy atom. The molecule has 0 unspecified atom stereocenters. The summed E-state index contributed by atoms with van der Waals surface area (Å²) in [6.45, 7) is 4.96. The molecule has 31 heteroatoms. The Morgan fingerprint density at radius 2 is 0.810 bits per heavy atom. The monoisotopic (exact) mass is 1700 g/mol. The number of aromatic amines is 1. The molecule has 121 heavy (non-hydrogen) atoms. The lowest BCUT2D eigenvalue weighted by Crippen LogP contribution is -2.50. The number of hydrogen-bond donors (Lipinski definition) is 2. The molecule has 19 rings (SSSR count). The normalized spacial score (nSPS) is 22.8. The maximum atomic E-state index is 14.5. The lowest BCUT2D eigenvalue weighted by Gasteiger charge is -2.43. The van der Waals surface area contributed by atoms with Gasteiger partial charge < -0.3 is 62.3 Å². The molecule has 10 heterocycles. The molecular formula is C90H95Cl3N14O14. The summed E-state index contributed by atoms with van der Waals surface area (Å²) in [6, 6.07) is 34.9. The zero-order chi connectivity index (χ0) is 83.4. The fourth-order valence-corrected chi connectivity index (χ4v) is 20.7. The largest absolute Gasteiger partial charge is 0.487 e. The SMILES string of the molecule is N#C[C@H]1CCCC[C@H]1C(=O)N1CCc2c(Cl)ccc(OCc3noc4ccccc34)c2[C@H]1CN1CCCC1=O.O=C(O)[C@H]1CCCC[C@H]1C(=O)N1CCc2c(Cl)ccc(OCc3noc4ccccc34)c2[C@H]1CN1CCCC1=O.O=C1CCCN1C[C@@H]1c2c(OCc3noc4ccccc34)ccc(Cl)c2CCN1C(=O)[C@@H]1CCCC[C@@H]1c1nn[nH]n1. The highest BCUT2D eigenvalue weighted by Gasteiger charge is 2.48. The summed E-state index contributed by atoms with van der Waals surface area (Å²) in [4.78, 5) is 104. The first-order valence-electron chi connectivity index (χ1n) is 42.5. The van der Waals surface area contributed by atoms with Gasteiger partial charge in [-0.2, -0.15) is 10.5 Å². The van der Waals surface area contributed by atoms with E-state index in [1.165, 1.54) is 0 Å². The highest BCUT2D eigenvalue weighted by atomic mass is 35.5. The highest BCUT2D eigenvalue weighted by Crippen LogP contribution is 2.49. The third-order valence-corrected chi connectivity index (χ3v) is 27.2. The quantitative estimate of drug-likeness (QED) is 0.0715. The second-order valence-electron chi connectivity index (χ2n) is 33.0. The van der Waals surface area contributed by atoms with Gasteiger partial charge in [0.2, 0.25) is 35.4 Å². The number of carboxylic acids is 1. The fraction of sp³-hybridized carbons (Fsp3) is 0.467. The number of carbonyl (C=O) groups is 7. The first-order chi connectivity index (χ1) is 59.0. The van der Waals surface area contributed by atoms with E-state index >= 15 is 0 Å². The second-order valence-corrected chi connectivity index (χ2v) is 34.2. The summed E-state index contributed by atoms with van der Waals surface area (Å²) in [5, 5.41) is 51.6. The number of nitriles is 1. The van der Waals surface area contributed by atoms with E-state index in [-0.39, 0.29) is 78.9 Å². The van der Waals surface area contributed by atoms with Crippen LogP contribution in [0.25, 0.3) is 32.9 Å². The van der Waals surface area contributed by atoms with Gasteiger partial charge in [-0.15, -0.1) is 10.2 Å². The number of fused-ring (bicyclic) bond motifs is 6. The van der Waals surface area contributed by atoms with Crippen molar-refractivity contribution in [2.24, 2.45) is 29.6 Å². The number of carbonyl (C=O) groups excluding carboxylic acids is 6. The van der Waals surface area contributed by atoms with Gasteiger partial charge >= 0.3 is 5.97 Å². The van der Waals surface area contributed by atoms with Gasteiger partial charge in [0.25, 0.3) is 0 Å². The topological polar surface area (TPSA) is 343 Å². The first kappa shape index (κ1) is 82.2. The van der Waals surface area contributed by atoms with E-state index in [1.54, 1.807) is 21.9 Å². The molecule has 28 nitrogen and oxygen atoms in total. The van der Waals surface area contributed by atoms with Crippen LogP contribution in [0.4, 0.5) is 0 Å². The van der Waals surface area contributed by atoms with Crippen LogP contribution in [0.15, 0.2) is 123 Å². The standard InChI is InChI=1S/C30H32ClN7O4.C30H31ClN4O4.C30H32ClN3O6/c31-22-11-12-26(41-17-23-21-8-3-4-9-25(21)42-34-23)28-20(22)13-15-38(24(28)16-37-14-5-10-27(37)39)30(40)19-7-2-1-6-18(19)29-32-35-36-33-29;31-23-11-12-27(38-18-24-22-8-3-4-9-26(22)39-33-24)29-21(23)13-15-35(25(29)17-34-14-5-10-28(34)36)30(37)20-7-2-1-6-19(20)16-32;31-22-11-12-26(39-17-23-21-8-3-4-9-25(21)40-32-23)28-20(22)13-15-34(24(28)16-33-14-5-10-27(33)35)29(36)18-6-1-2-7-19(18)30(37)38/h3-4,8-9,11-12,18-19,24H,1-2,5-7,10,13-17H2,(H,32,33,35,36);3-4,8-9,11-12,19-20,25H,1-2,5-7,10,13-15,17-18H2;3-4,8-9,11-12,18-19,24H,1-2,5-7,10,13-17H2,(H,37,38)/t18-,19+,24+;19-,20-,25-;18-,19+,24-/m011/s1.